The van der Waals surface area contributed by atoms with Gasteiger partial charge in [-0.25, -0.2) is 0 Å². The lowest BCUT2D eigenvalue weighted by Crippen LogP contribution is -2.34. The first-order valence-corrected chi connectivity index (χ1v) is 23.1. The van der Waals surface area contributed by atoms with Gasteiger partial charge in [-0.3, -0.25) is 9.80 Å². The average molecular weight is 589 g/mol. The third kappa shape index (κ3) is 9.09. The van der Waals surface area contributed by atoms with Gasteiger partial charge < -0.3 is 0 Å². The fourth-order valence-corrected chi connectivity index (χ4v) is 24.7. The lowest BCUT2D eigenvalue weighted by Gasteiger charge is -2.32. The highest BCUT2D eigenvalue weighted by molar-refractivity contribution is 9.43. The minimum atomic E-state index is 0.539. The van der Waals surface area contributed by atoms with Gasteiger partial charge in [0.25, 0.3) is 0 Å². The second-order valence-electron chi connectivity index (χ2n) is 8.99. The van der Waals surface area contributed by atoms with Gasteiger partial charge in [0.05, 0.1) is 8.64 Å². The van der Waals surface area contributed by atoms with E-state index in [9.17, 15) is 0 Å². The summed E-state index contributed by atoms with van der Waals surface area (Å²) in [5.41, 5.74) is 0. The molecule has 0 aromatic heterocycles. The molecule has 0 atom stereocenters. The van der Waals surface area contributed by atoms with Crippen LogP contribution in [0.25, 0.3) is 0 Å². The topological polar surface area (TPSA) is 6.48 Å². The summed E-state index contributed by atoms with van der Waals surface area (Å²) in [5, 5.41) is 0. The Labute approximate surface area is 224 Å². The second-order valence-corrected chi connectivity index (χ2v) is 23.1. The first kappa shape index (κ1) is 27.5. The van der Waals surface area contributed by atoms with E-state index in [0.717, 1.165) is 0 Å². The zero-order valence-electron chi connectivity index (χ0n) is 19.3. The van der Waals surface area contributed by atoms with Crippen molar-refractivity contribution < 1.29 is 0 Å². The number of hydrogen-bond acceptors (Lipinski definition) is 6. The summed E-state index contributed by atoms with van der Waals surface area (Å²) < 4.78 is 3.51. The van der Waals surface area contributed by atoms with Crippen LogP contribution >= 0.6 is 81.9 Å². The molecule has 0 radical (unpaired) electrons. The summed E-state index contributed by atoms with van der Waals surface area (Å²) in [5.74, 6) is 5.83. The molecule has 10 heteroatoms. The Morgan fingerprint density at radius 2 is 0.750 bits per heavy atom. The van der Waals surface area contributed by atoms with Crippen LogP contribution in [0.4, 0.5) is 0 Å². The van der Waals surface area contributed by atoms with Crippen molar-refractivity contribution in [2.75, 3.05) is 49.2 Å². The van der Waals surface area contributed by atoms with E-state index >= 15 is 0 Å². The van der Waals surface area contributed by atoms with Crippen molar-refractivity contribution in [3.05, 3.63) is 0 Å². The minimum Gasteiger partial charge on any atom is -0.264 e. The van der Waals surface area contributed by atoms with E-state index in [4.69, 9.17) is 0 Å². The molecule has 0 amide bonds. The Kier molecular flexibility index (Phi) is 14.0. The predicted molar refractivity (Wildman–Crippen MR) is 169 cm³/mol. The van der Waals surface area contributed by atoms with Crippen molar-refractivity contribution in [1.29, 1.82) is 0 Å². The standard InChI is InChI=1S/C22H40N2S8/c1-5-13-23(14-6-1)21(31-17-9-3-10-18-31)25-27-29-30-28-26-22(24-15-7-2-8-16-24)32-19-11-4-12-20-32/h1-20H2. The molecule has 0 bridgehead atoms. The number of rotatable bonds is 5. The maximum atomic E-state index is 2.77. The molecule has 4 aliphatic rings. The molecule has 186 valence electrons. The lowest BCUT2D eigenvalue weighted by atomic mass is 10.1. The van der Waals surface area contributed by atoms with Gasteiger partial charge in [-0.15, -0.1) is 0 Å². The molecule has 0 spiro atoms. The summed E-state index contributed by atoms with van der Waals surface area (Å²) in [6, 6.07) is 0. The van der Waals surface area contributed by atoms with Gasteiger partial charge in [-0.05, 0) is 135 Å². The van der Waals surface area contributed by atoms with Crippen molar-refractivity contribution in [3.8, 4) is 0 Å². The van der Waals surface area contributed by atoms with Crippen molar-refractivity contribution >= 4 is 90.5 Å². The fraction of sp³-hybridized carbons (Fsp3) is 0.909. The number of hydrogen-bond donors (Lipinski definition) is 0. The van der Waals surface area contributed by atoms with E-state index in [1.807, 2.05) is 39.3 Å². The van der Waals surface area contributed by atoms with Gasteiger partial charge in [0.1, 0.15) is 0 Å². The Morgan fingerprint density at radius 1 is 0.406 bits per heavy atom. The highest BCUT2D eigenvalue weighted by atomic mass is 33.9. The third-order valence-electron chi connectivity index (χ3n) is 6.58. The molecule has 4 heterocycles. The monoisotopic (exact) mass is 588 g/mol. The maximum absolute atomic E-state index is 2.77. The smallest absolute Gasteiger partial charge is 0.0875 e. The van der Waals surface area contributed by atoms with Crippen LogP contribution in [0.1, 0.15) is 77.0 Å². The molecule has 2 nitrogen and oxygen atoms in total. The zero-order valence-corrected chi connectivity index (χ0v) is 25.8. The molecule has 0 aliphatic carbocycles. The molecule has 0 aromatic carbocycles. The molecule has 32 heavy (non-hydrogen) atoms. The molecule has 4 rings (SSSR count). The normalized spacial score (nSPS) is 25.1. The van der Waals surface area contributed by atoms with Crippen LogP contribution in [0.5, 0.6) is 0 Å². The number of likely N-dealkylation sites (tertiary alicyclic amines) is 2. The second kappa shape index (κ2) is 16.3. The number of nitrogens with zero attached hydrogens (tertiary/aromatic N) is 2. The molecule has 4 saturated heterocycles. The van der Waals surface area contributed by atoms with Crippen LogP contribution in [0.2, 0.25) is 0 Å². The average Bonchev–Trinajstić information content (AvgIpc) is 2.88. The summed E-state index contributed by atoms with van der Waals surface area (Å²) in [4.78, 5) is 5.55. The van der Waals surface area contributed by atoms with Crippen LogP contribution in [-0.2, 0) is 0 Å². The lowest BCUT2D eigenvalue weighted by molar-refractivity contribution is 0.352. The summed E-state index contributed by atoms with van der Waals surface area (Å²) in [7, 11) is 13.4. The first-order valence-electron chi connectivity index (χ1n) is 12.5. The van der Waals surface area contributed by atoms with Crippen LogP contribution in [0, 0.1) is 0 Å². The van der Waals surface area contributed by atoms with Gasteiger partial charge >= 0.3 is 0 Å². The van der Waals surface area contributed by atoms with Gasteiger partial charge in [0.2, 0.25) is 0 Å². The van der Waals surface area contributed by atoms with E-state index < -0.39 is 0 Å². The predicted octanol–water partition coefficient (Wildman–Crippen LogP) is 9.01. The Morgan fingerprint density at radius 3 is 1.12 bits per heavy atom. The molecule has 0 aromatic rings. The highest BCUT2D eigenvalue weighted by Crippen LogP contribution is 2.55. The Bertz CT molecular complexity index is 559. The van der Waals surface area contributed by atoms with Crippen molar-refractivity contribution in [2.24, 2.45) is 0 Å². The fourth-order valence-electron chi connectivity index (χ4n) is 4.84. The van der Waals surface area contributed by atoms with Gasteiger partial charge in [-0.2, -0.15) is 21.0 Å². The quantitative estimate of drug-likeness (QED) is 0.176. The van der Waals surface area contributed by atoms with E-state index in [1.165, 1.54) is 126 Å². The summed E-state index contributed by atoms with van der Waals surface area (Å²) in [6.45, 7) is 5.24. The number of piperidine rings is 2. The first-order chi connectivity index (χ1) is 15.9. The van der Waals surface area contributed by atoms with E-state index in [1.54, 1.807) is 8.64 Å². The van der Waals surface area contributed by atoms with Crippen molar-refractivity contribution in [1.82, 2.24) is 9.80 Å². The summed E-state index contributed by atoms with van der Waals surface area (Å²) >= 11 is 0. The van der Waals surface area contributed by atoms with Gasteiger partial charge in [0, 0.05) is 26.2 Å². The van der Waals surface area contributed by atoms with Crippen LogP contribution < -0.4 is 0 Å². The Balaban J connectivity index is 1.24. The van der Waals surface area contributed by atoms with Gasteiger partial charge in [-0.1, -0.05) is 25.7 Å². The van der Waals surface area contributed by atoms with E-state index in [0.29, 0.717) is 21.0 Å². The van der Waals surface area contributed by atoms with Crippen molar-refractivity contribution in [3.63, 3.8) is 0 Å². The SMILES string of the molecule is C1CCN(C(SSSSSSC(N2CCCCC2)=S2CCCCC2)=S2CCCCC2)CC1. The minimum absolute atomic E-state index is 0.539. The molecular weight excluding hydrogens is 549 g/mol. The van der Waals surface area contributed by atoms with Gasteiger partial charge in [0.15, 0.2) is 0 Å². The van der Waals surface area contributed by atoms with Crippen LogP contribution in [-0.4, -0.2) is 67.6 Å². The van der Waals surface area contributed by atoms with Crippen LogP contribution in [0.15, 0.2) is 0 Å². The highest BCUT2D eigenvalue weighted by Gasteiger charge is 2.22. The van der Waals surface area contributed by atoms with E-state index in [-0.39, 0.29) is 0 Å². The molecule has 0 N–H and O–H groups in total. The zero-order chi connectivity index (χ0) is 21.8. The van der Waals surface area contributed by atoms with Crippen LogP contribution in [0.3, 0.4) is 0 Å². The molecule has 0 saturated carbocycles. The molecule has 4 aliphatic heterocycles. The maximum Gasteiger partial charge on any atom is 0.0875 e. The van der Waals surface area contributed by atoms with E-state index in [2.05, 4.69) is 31.4 Å². The third-order valence-corrected chi connectivity index (χ3v) is 23.9. The largest absolute Gasteiger partial charge is 0.264 e. The summed E-state index contributed by atoms with van der Waals surface area (Å²) in [6.07, 6.45) is 17.2. The molecular formula is C22H40N2S8. The molecule has 4 fully saturated rings. The Hall–Kier alpha value is 2.46. The molecule has 0 unspecified atom stereocenters. The van der Waals surface area contributed by atoms with Crippen molar-refractivity contribution in [2.45, 2.75) is 77.0 Å².